The molecule has 0 spiro atoms. The third-order valence-corrected chi connectivity index (χ3v) is 7.45. The van der Waals surface area contributed by atoms with Gasteiger partial charge in [-0.1, -0.05) is 54.1 Å². The number of nitrogens with one attached hydrogen (secondary N) is 1. The Labute approximate surface area is 189 Å². The molecule has 1 aliphatic rings. The van der Waals surface area contributed by atoms with Crippen LogP contribution in [-0.4, -0.2) is 19.4 Å². The zero-order chi connectivity index (χ0) is 20.4. The van der Waals surface area contributed by atoms with Crippen molar-refractivity contribution in [3.8, 4) is 0 Å². The second-order valence-corrected chi connectivity index (χ2v) is 10.2. The van der Waals surface area contributed by atoms with Crippen molar-refractivity contribution in [3.63, 3.8) is 0 Å². The largest absolute Gasteiger partial charge is 0.304 e. The van der Waals surface area contributed by atoms with Gasteiger partial charge in [-0.2, -0.15) is 0 Å². The third kappa shape index (κ3) is 4.35. The van der Waals surface area contributed by atoms with E-state index in [1.54, 1.807) is 36.4 Å². The highest BCUT2D eigenvalue weighted by molar-refractivity contribution is 14.1. The number of nitrogens with zero attached hydrogens (tertiary/aromatic N) is 1. The van der Waals surface area contributed by atoms with Crippen molar-refractivity contribution in [1.29, 1.82) is 0 Å². The first-order valence-electron chi connectivity index (χ1n) is 9.04. The van der Waals surface area contributed by atoms with Gasteiger partial charge in [-0.25, -0.2) is 8.42 Å². The van der Waals surface area contributed by atoms with Crippen molar-refractivity contribution in [2.24, 2.45) is 0 Å². The van der Waals surface area contributed by atoms with Crippen LogP contribution in [0.2, 0.25) is 5.02 Å². The number of rotatable bonds is 4. The normalized spacial score (nSPS) is 15.2. The van der Waals surface area contributed by atoms with Gasteiger partial charge in [0.1, 0.15) is 0 Å². The highest BCUT2D eigenvalue weighted by atomic mass is 127. The van der Waals surface area contributed by atoms with E-state index in [0.717, 1.165) is 26.0 Å². The molecular formula is C22H18ClIN2O2S. The molecule has 0 bridgehead atoms. The number of benzene rings is 3. The predicted octanol–water partition coefficient (Wildman–Crippen LogP) is 5.41. The van der Waals surface area contributed by atoms with Crippen molar-refractivity contribution in [2.75, 3.05) is 6.54 Å². The van der Waals surface area contributed by atoms with Crippen LogP contribution in [0, 0.1) is 3.57 Å². The first-order valence-corrected chi connectivity index (χ1v) is 11.9. The molecule has 1 heterocycles. The van der Waals surface area contributed by atoms with E-state index in [9.17, 15) is 8.42 Å². The molecule has 0 amide bonds. The Balaban J connectivity index is 1.77. The summed E-state index contributed by atoms with van der Waals surface area (Å²) in [5.41, 5.74) is 6.96. The van der Waals surface area contributed by atoms with Gasteiger partial charge < -0.3 is 5.43 Å². The second kappa shape index (κ2) is 8.47. The van der Waals surface area contributed by atoms with Crippen LogP contribution < -0.4 is 5.43 Å². The summed E-state index contributed by atoms with van der Waals surface area (Å²) in [6, 6.07) is 24.3. The average molecular weight is 537 g/mol. The molecule has 148 valence electrons. The minimum atomic E-state index is -3.67. The molecule has 0 saturated carbocycles. The molecule has 0 aromatic heterocycles. The van der Waals surface area contributed by atoms with Gasteiger partial charge in [0.05, 0.1) is 10.6 Å². The summed E-state index contributed by atoms with van der Waals surface area (Å²) in [7, 11) is -3.67. The Hall–Kier alpha value is -1.87. The van der Waals surface area contributed by atoms with Crippen LogP contribution in [0.3, 0.4) is 0 Å². The lowest BCUT2D eigenvalue weighted by atomic mass is 9.96. The Morgan fingerprint density at radius 1 is 0.862 bits per heavy atom. The summed E-state index contributed by atoms with van der Waals surface area (Å²) in [4.78, 5) is 0.268. The van der Waals surface area contributed by atoms with Crippen LogP contribution in [0.4, 0.5) is 0 Å². The van der Waals surface area contributed by atoms with Crippen LogP contribution >= 0.6 is 34.2 Å². The topological polar surface area (TPSA) is 49.4 Å². The minimum absolute atomic E-state index is 0.268. The van der Waals surface area contributed by atoms with E-state index in [2.05, 4.69) is 28.0 Å². The van der Waals surface area contributed by atoms with E-state index in [1.807, 2.05) is 42.5 Å². The summed E-state index contributed by atoms with van der Waals surface area (Å²) in [5.74, 6) is 0. The van der Waals surface area contributed by atoms with Gasteiger partial charge in [0, 0.05) is 15.1 Å². The van der Waals surface area contributed by atoms with Gasteiger partial charge in [0.15, 0.2) is 0 Å². The van der Waals surface area contributed by atoms with E-state index < -0.39 is 10.0 Å². The van der Waals surface area contributed by atoms with Gasteiger partial charge in [0.25, 0.3) is 10.0 Å². The fraction of sp³-hybridized carbons (Fsp3) is 0.0909. The standard InChI is InChI=1S/C22H18ClIN2O2S/c23-18-8-6-17(7-9-18)22-21(16-4-2-1-3-5-16)14-15-26(25-22)29(27,28)20-12-10-19(24)11-13-20/h1-13,25H,14-15H2. The second-order valence-electron chi connectivity index (χ2n) is 6.62. The van der Waals surface area contributed by atoms with Gasteiger partial charge in [0.2, 0.25) is 0 Å². The van der Waals surface area contributed by atoms with Crippen LogP contribution in [0.15, 0.2) is 83.8 Å². The zero-order valence-corrected chi connectivity index (χ0v) is 19.1. The molecule has 29 heavy (non-hydrogen) atoms. The highest BCUT2D eigenvalue weighted by Crippen LogP contribution is 2.33. The number of hydrogen-bond donors (Lipinski definition) is 1. The molecule has 3 aromatic rings. The zero-order valence-electron chi connectivity index (χ0n) is 15.3. The molecule has 0 saturated heterocycles. The van der Waals surface area contributed by atoms with E-state index in [-0.39, 0.29) is 4.90 Å². The molecule has 0 unspecified atom stereocenters. The van der Waals surface area contributed by atoms with Crippen LogP contribution in [0.5, 0.6) is 0 Å². The number of hydrogen-bond acceptors (Lipinski definition) is 3. The summed E-state index contributed by atoms with van der Waals surface area (Å²) in [5, 5.41) is 0.634. The van der Waals surface area contributed by atoms with Gasteiger partial charge >= 0.3 is 0 Å². The van der Waals surface area contributed by atoms with Gasteiger partial charge in [-0.05, 0) is 82.1 Å². The number of hydrazine groups is 1. The van der Waals surface area contributed by atoms with E-state index in [4.69, 9.17) is 11.6 Å². The fourth-order valence-electron chi connectivity index (χ4n) is 3.28. The molecule has 7 heteroatoms. The summed E-state index contributed by atoms with van der Waals surface area (Å²) in [6.45, 7) is 0.343. The molecule has 3 aromatic carbocycles. The summed E-state index contributed by atoms with van der Waals surface area (Å²) >= 11 is 8.21. The monoisotopic (exact) mass is 536 g/mol. The molecule has 0 atom stereocenters. The number of halogens is 2. The predicted molar refractivity (Wildman–Crippen MR) is 126 cm³/mol. The first-order chi connectivity index (χ1) is 13.9. The molecule has 1 aliphatic heterocycles. The fourth-order valence-corrected chi connectivity index (χ4v) is 5.05. The summed E-state index contributed by atoms with van der Waals surface area (Å²) in [6.07, 6.45) is 0.596. The Morgan fingerprint density at radius 2 is 1.52 bits per heavy atom. The molecular weight excluding hydrogens is 519 g/mol. The molecule has 4 nitrogen and oxygen atoms in total. The Morgan fingerprint density at radius 3 is 2.17 bits per heavy atom. The van der Waals surface area contributed by atoms with Crippen LogP contribution in [0.25, 0.3) is 11.3 Å². The molecule has 0 fully saturated rings. The van der Waals surface area contributed by atoms with Crippen molar-refractivity contribution >= 4 is 55.5 Å². The van der Waals surface area contributed by atoms with Crippen molar-refractivity contribution in [2.45, 2.75) is 11.3 Å². The smallest absolute Gasteiger partial charge is 0.259 e. The maximum absolute atomic E-state index is 13.2. The van der Waals surface area contributed by atoms with Crippen molar-refractivity contribution in [1.82, 2.24) is 9.84 Å². The maximum atomic E-state index is 13.2. The lowest BCUT2D eigenvalue weighted by molar-refractivity contribution is 0.366. The average Bonchev–Trinajstić information content (AvgIpc) is 2.75. The van der Waals surface area contributed by atoms with E-state index in [1.165, 1.54) is 4.41 Å². The lowest BCUT2D eigenvalue weighted by Gasteiger charge is -2.32. The third-order valence-electron chi connectivity index (χ3n) is 4.76. The van der Waals surface area contributed by atoms with Crippen LogP contribution in [0.1, 0.15) is 17.5 Å². The quantitative estimate of drug-likeness (QED) is 0.454. The van der Waals surface area contributed by atoms with E-state index >= 15 is 0 Å². The molecule has 0 radical (unpaired) electrons. The Kier molecular flexibility index (Phi) is 5.96. The van der Waals surface area contributed by atoms with Gasteiger partial charge in [-0.3, -0.25) is 0 Å². The lowest BCUT2D eigenvalue weighted by Crippen LogP contribution is -2.45. The Bertz CT molecular complexity index is 1150. The molecule has 0 aliphatic carbocycles. The van der Waals surface area contributed by atoms with Crippen LogP contribution in [-0.2, 0) is 10.0 Å². The number of sulfonamides is 1. The van der Waals surface area contributed by atoms with E-state index in [0.29, 0.717) is 18.0 Å². The summed E-state index contributed by atoms with van der Waals surface area (Å²) < 4.78 is 28.7. The van der Waals surface area contributed by atoms with Crippen molar-refractivity contribution < 1.29 is 8.42 Å². The molecule has 1 N–H and O–H groups in total. The van der Waals surface area contributed by atoms with Crippen molar-refractivity contribution in [3.05, 3.63) is 98.6 Å². The minimum Gasteiger partial charge on any atom is -0.304 e. The van der Waals surface area contributed by atoms with Gasteiger partial charge in [-0.15, -0.1) is 4.41 Å². The molecule has 4 rings (SSSR count). The SMILES string of the molecule is O=S(=O)(c1ccc(I)cc1)N1CCC(c2ccccc2)=C(c2ccc(Cl)cc2)N1. The maximum Gasteiger partial charge on any atom is 0.259 e. The first kappa shape index (κ1) is 20.4. The highest BCUT2D eigenvalue weighted by Gasteiger charge is 2.30.